The topological polar surface area (TPSA) is 358 Å². The molecular weight excluding hydrogens is 568 g/mol. The maximum absolute atomic E-state index is 12.8. The van der Waals surface area contributed by atoms with Gasteiger partial charge in [0.15, 0.2) is 12.6 Å². The first-order valence-electron chi connectivity index (χ1n) is 13.7. The van der Waals surface area contributed by atoms with Gasteiger partial charge in [-0.1, -0.05) is 0 Å². The van der Waals surface area contributed by atoms with E-state index in [-0.39, 0.29) is 25.9 Å². The summed E-state index contributed by atoms with van der Waals surface area (Å²) in [5.74, 6) is -0.893. The first-order chi connectivity index (χ1) is 19.7. The lowest BCUT2D eigenvalue weighted by molar-refractivity contribution is -0.332. The summed E-state index contributed by atoms with van der Waals surface area (Å²) in [6.07, 6.45) is -20.3. The Kier molecular flexibility index (Phi) is 12.8. The van der Waals surface area contributed by atoms with E-state index < -0.39 is 116 Å². The Balaban J connectivity index is 1.85. The fourth-order valence-corrected chi connectivity index (χ4v) is 5.27. The molecule has 3 fully saturated rings. The van der Waals surface area contributed by atoms with Gasteiger partial charge in [0.1, 0.15) is 67.1 Å². The van der Waals surface area contributed by atoms with Crippen LogP contribution in [-0.2, 0) is 23.7 Å². The zero-order chi connectivity index (χ0) is 31.5. The van der Waals surface area contributed by atoms with Gasteiger partial charge >= 0.3 is 0 Å². The molecule has 1 amide bonds. The van der Waals surface area contributed by atoms with Crippen LogP contribution in [0.5, 0.6) is 0 Å². The van der Waals surface area contributed by atoms with E-state index in [2.05, 4.69) is 5.32 Å². The predicted molar refractivity (Wildman–Crippen MR) is 139 cm³/mol. The number of hydrogen-bond acceptors (Lipinski definition) is 18. The van der Waals surface area contributed by atoms with Crippen molar-refractivity contribution in [1.29, 1.82) is 0 Å². The minimum atomic E-state index is -1.77. The fraction of sp³-hybridized carbons (Fsp3) is 0.957. The Bertz CT molecular complexity index is 864. The highest BCUT2D eigenvalue weighted by molar-refractivity contribution is 5.80. The van der Waals surface area contributed by atoms with E-state index in [0.717, 1.165) is 0 Å². The summed E-state index contributed by atoms with van der Waals surface area (Å²) in [6.45, 7) is -0.926. The van der Waals surface area contributed by atoms with E-state index in [0.29, 0.717) is 0 Å². The van der Waals surface area contributed by atoms with Gasteiger partial charge in [0.2, 0.25) is 5.91 Å². The zero-order valence-electron chi connectivity index (χ0n) is 22.9. The molecule has 2 heterocycles. The van der Waals surface area contributed by atoms with Gasteiger partial charge in [-0.3, -0.25) is 4.79 Å². The third-order valence-corrected chi connectivity index (χ3v) is 7.90. The molecule has 1 saturated carbocycles. The summed E-state index contributed by atoms with van der Waals surface area (Å²) in [6, 6.07) is -4.22. The Labute approximate surface area is 241 Å². The lowest BCUT2D eigenvalue weighted by Crippen LogP contribution is -2.69. The van der Waals surface area contributed by atoms with Crippen LogP contribution in [0.25, 0.3) is 0 Å². The largest absolute Gasteiger partial charge is 0.394 e. The summed E-state index contributed by atoms with van der Waals surface area (Å²) >= 11 is 0. The molecule has 3 rings (SSSR count). The van der Waals surface area contributed by atoms with Gasteiger partial charge in [-0.25, -0.2) is 0 Å². The van der Waals surface area contributed by atoms with Crippen LogP contribution in [0, 0.1) is 0 Å². The van der Waals surface area contributed by atoms with Crippen molar-refractivity contribution in [2.24, 2.45) is 28.7 Å². The normalized spacial score (nSPS) is 46.2. The van der Waals surface area contributed by atoms with Crippen molar-refractivity contribution in [3.8, 4) is 0 Å². The lowest BCUT2D eigenvalue weighted by Gasteiger charge is -2.49. The highest BCUT2D eigenvalue weighted by Crippen LogP contribution is 2.32. The molecule has 17 atom stereocenters. The van der Waals surface area contributed by atoms with Gasteiger partial charge in [-0.2, -0.15) is 0 Å². The SMILES string of the molecule is NC[C@@H](N)C[C@H](O)C(=O)N[C@H]1C[C@@H](N)[C@H](O[C@H]2O[C@H](CN)[C@@H](O)[C@H](O)[C@H]2O)[C@@H](O)[C@@H]1O[C@H]1O[C@H](CO)[C@@H](O)[C@H](N)[C@H]1O. The van der Waals surface area contributed by atoms with Crippen LogP contribution in [0.2, 0.25) is 0 Å². The van der Waals surface area contributed by atoms with Crippen molar-refractivity contribution in [1.82, 2.24) is 5.32 Å². The Morgan fingerprint density at radius 2 is 1.45 bits per heavy atom. The minimum Gasteiger partial charge on any atom is -0.394 e. The molecule has 246 valence electrons. The molecule has 42 heavy (non-hydrogen) atoms. The van der Waals surface area contributed by atoms with Gasteiger partial charge in [-0.15, -0.1) is 0 Å². The summed E-state index contributed by atoms with van der Waals surface area (Å²) in [5, 5.41) is 85.4. The van der Waals surface area contributed by atoms with E-state index in [1.807, 2.05) is 0 Å². The first kappa shape index (κ1) is 35.3. The summed E-state index contributed by atoms with van der Waals surface area (Å²) in [7, 11) is 0. The van der Waals surface area contributed by atoms with Crippen LogP contribution in [0.1, 0.15) is 12.8 Å². The number of aliphatic hydroxyl groups is 8. The summed E-state index contributed by atoms with van der Waals surface area (Å²) in [4.78, 5) is 12.8. The molecule has 2 saturated heterocycles. The third-order valence-electron chi connectivity index (χ3n) is 7.90. The molecule has 0 aromatic heterocycles. The zero-order valence-corrected chi connectivity index (χ0v) is 22.9. The Morgan fingerprint density at radius 1 is 0.857 bits per heavy atom. The third kappa shape index (κ3) is 7.71. The van der Waals surface area contributed by atoms with Crippen molar-refractivity contribution < 1.29 is 64.6 Å². The number of rotatable bonds is 11. The Hall–Kier alpha value is -1.21. The maximum atomic E-state index is 12.8. The molecule has 2 aliphatic heterocycles. The van der Waals surface area contributed by atoms with Crippen LogP contribution in [0.4, 0.5) is 0 Å². The first-order valence-corrected chi connectivity index (χ1v) is 13.7. The quantitative estimate of drug-likeness (QED) is 0.103. The average Bonchev–Trinajstić information content (AvgIpc) is 2.96. The lowest BCUT2D eigenvalue weighted by atomic mass is 9.83. The van der Waals surface area contributed by atoms with Crippen LogP contribution in [-0.4, -0.2) is 170 Å². The van der Waals surface area contributed by atoms with Crippen molar-refractivity contribution in [3.63, 3.8) is 0 Å². The van der Waals surface area contributed by atoms with Gasteiger partial charge in [0.05, 0.1) is 18.7 Å². The van der Waals surface area contributed by atoms with Gasteiger partial charge in [0.25, 0.3) is 0 Å². The second-order valence-corrected chi connectivity index (χ2v) is 11.0. The molecular formula is C23H46N6O13. The number of amides is 1. The number of hydrogen-bond donors (Lipinski definition) is 14. The van der Waals surface area contributed by atoms with Crippen molar-refractivity contribution >= 4 is 5.91 Å². The van der Waals surface area contributed by atoms with Gasteiger partial charge < -0.3 is 93.8 Å². The van der Waals surface area contributed by atoms with Crippen LogP contribution < -0.4 is 34.0 Å². The predicted octanol–water partition coefficient (Wildman–Crippen LogP) is -9.10. The fourth-order valence-electron chi connectivity index (χ4n) is 5.27. The average molecular weight is 615 g/mol. The molecule has 0 aromatic rings. The van der Waals surface area contributed by atoms with Crippen molar-refractivity contribution in [2.75, 3.05) is 19.7 Å². The summed E-state index contributed by atoms with van der Waals surface area (Å²) in [5.41, 5.74) is 28.9. The Morgan fingerprint density at radius 3 is 2.05 bits per heavy atom. The molecule has 3 aliphatic rings. The molecule has 19 heteroatoms. The van der Waals surface area contributed by atoms with Gasteiger partial charge in [0, 0.05) is 25.2 Å². The molecule has 19 nitrogen and oxygen atoms in total. The molecule has 0 unspecified atom stereocenters. The van der Waals surface area contributed by atoms with Crippen LogP contribution >= 0.6 is 0 Å². The highest BCUT2D eigenvalue weighted by atomic mass is 16.7. The molecule has 19 N–H and O–H groups in total. The molecule has 0 bridgehead atoms. The van der Waals surface area contributed by atoms with Crippen LogP contribution in [0.3, 0.4) is 0 Å². The molecule has 0 radical (unpaired) electrons. The minimum absolute atomic E-state index is 0.00295. The number of carbonyl (C=O) groups is 1. The monoisotopic (exact) mass is 614 g/mol. The van der Waals surface area contributed by atoms with Crippen molar-refractivity contribution in [2.45, 2.75) is 117 Å². The summed E-state index contributed by atoms with van der Waals surface area (Å²) < 4.78 is 22.6. The molecule has 0 spiro atoms. The maximum Gasteiger partial charge on any atom is 0.249 e. The van der Waals surface area contributed by atoms with E-state index >= 15 is 0 Å². The number of nitrogens with one attached hydrogen (secondary N) is 1. The van der Waals surface area contributed by atoms with E-state index in [4.69, 9.17) is 47.6 Å². The number of ether oxygens (including phenoxy) is 4. The van der Waals surface area contributed by atoms with E-state index in [9.17, 15) is 45.6 Å². The van der Waals surface area contributed by atoms with Crippen LogP contribution in [0.15, 0.2) is 0 Å². The smallest absolute Gasteiger partial charge is 0.249 e. The molecule has 0 aromatic carbocycles. The standard InChI is InChI=1S/C23H46N6O13/c24-3-6(26)1-9(31)21(38)29-8-2-7(27)19(41-23-17(36)16(35)14(33)10(4-25)39-23)18(37)20(8)42-22-15(34)12(28)13(32)11(5-30)40-22/h6-20,22-23,30-37H,1-5,24-28H2,(H,29,38)/t6-,7+,8-,9-,10+,11+,12-,13+,14+,15+,16-,17+,18+,19-,20+,22+,23+/m0/s1. The van der Waals surface area contributed by atoms with Gasteiger partial charge in [-0.05, 0) is 12.8 Å². The van der Waals surface area contributed by atoms with E-state index in [1.54, 1.807) is 0 Å². The second kappa shape index (κ2) is 15.2. The number of nitrogens with two attached hydrogens (primary N) is 5. The highest BCUT2D eigenvalue weighted by Gasteiger charge is 2.52. The number of aliphatic hydroxyl groups excluding tert-OH is 8. The van der Waals surface area contributed by atoms with E-state index in [1.165, 1.54) is 0 Å². The number of carbonyl (C=O) groups excluding carboxylic acids is 1. The second-order valence-electron chi connectivity index (χ2n) is 11.0. The molecule has 1 aliphatic carbocycles. The van der Waals surface area contributed by atoms with Crippen molar-refractivity contribution in [3.05, 3.63) is 0 Å².